The van der Waals surface area contributed by atoms with E-state index in [1.807, 2.05) is 31.2 Å². The van der Waals surface area contributed by atoms with Crippen molar-refractivity contribution in [2.75, 3.05) is 31.7 Å². The molecule has 0 aliphatic rings. The zero-order chi connectivity index (χ0) is 17.5. The van der Waals surface area contributed by atoms with Crippen LogP contribution in [0, 0.1) is 6.92 Å². The van der Waals surface area contributed by atoms with E-state index in [9.17, 15) is 9.59 Å². The summed E-state index contributed by atoms with van der Waals surface area (Å²) in [7, 11) is 3.14. The van der Waals surface area contributed by atoms with Gasteiger partial charge in [-0.15, -0.1) is 10.2 Å². The summed E-state index contributed by atoms with van der Waals surface area (Å²) in [4.78, 5) is 24.6. The Balaban J connectivity index is 1.84. The molecule has 0 spiro atoms. The second kappa shape index (κ2) is 8.65. The molecule has 0 aliphatic carbocycles. The number of hydrogen-bond acceptors (Lipinski definition) is 7. The number of rotatable bonds is 7. The van der Waals surface area contributed by atoms with Crippen molar-refractivity contribution in [3.8, 4) is 0 Å². The first-order valence-corrected chi connectivity index (χ1v) is 9.02. The van der Waals surface area contributed by atoms with Gasteiger partial charge in [-0.25, -0.2) is 0 Å². The Labute approximate surface area is 148 Å². The van der Waals surface area contributed by atoms with Crippen molar-refractivity contribution in [1.82, 2.24) is 20.4 Å². The highest BCUT2D eigenvalue weighted by Crippen LogP contribution is 2.27. The standard InChI is InChI=1S/C15H19N5O2S2/c1-10-4-6-11(7-5-10)17-14-18-19-15(24-14)23-9-13(22)20(3)8-12(21)16-2/h4-7H,8-9H2,1-3H3,(H,16,21)(H,17,18). The van der Waals surface area contributed by atoms with Gasteiger partial charge in [0.1, 0.15) is 0 Å². The van der Waals surface area contributed by atoms with Gasteiger partial charge in [-0.3, -0.25) is 9.59 Å². The molecule has 0 fully saturated rings. The molecular weight excluding hydrogens is 346 g/mol. The van der Waals surface area contributed by atoms with E-state index in [2.05, 4.69) is 20.8 Å². The molecule has 0 saturated carbocycles. The number of hydrogen-bond donors (Lipinski definition) is 2. The molecule has 0 unspecified atom stereocenters. The Morgan fingerprint density at radius 3 is 2.62 bits per heavy atom. The lowest BCUT2D eigenvalue weighted by molar-refractivity contribution is -0.132. The van der Waals surface area contributed by atoms with Crippen LogP contribution in [0.4, 0.5) is 10.8 Å². The van der Waals surface area contributed by atoms with Gasteiger partial charge in [0.25, 0.3) is 0 Å². The summed E-state index contributed by atoms with van der Waals surface area (Å²) >= 11 is 2.69. The normalized spacial score (nSPS) is 10.3. The van der Waals surface area contributed by atoms with Crippen molar-refractivity contribution >= 4 is 45.7 Å². The number of aryl methyl sites for hydroxylation is 1. The van der Waals surface area contributed by atoms with Crippen molar-refractivity contribution < 1.29 is 9.59 Å². The third-order valence-corrected chi connectivity index (χ3v) is 5.07. The van der Waals surface area contributed by atoms with Crippen LogP contribution in [0.5, 0.6) is 0 Å². The number of likely N-dealkylation sites (N-methyl/N-ethyl adjacent to an activating group) is 2. The fourth-order valence-electron chi connectivity index (χ4n) is 1.70. The molecule has 2 amide bonds. The van der Waals surface area contributed by atoms with Crippen LogP contribution in [0.2, 0.25) is 0 Å². The summed E-state index contributed by atoms with van der Waals surface area (Å²) in [6, 6.07) is 7.97. The van der Waals surface area contributed by atoms with Crippen LogP contribution in [0.15, 0.2) is 28.6 Å². The van der Waals surface area contributed by atoms with Crippen molar-refractivity contribution in [2.24, 2.45) is 0 Å². The molecule has 2 aromatic rings. The SMILES string of the molecule is CNC(=O)CN(C)C(=O)CSc1nnc(Nc2ccc(C)cc2)s1. The fraction of sp³-hybridized carbons (Fsp3) is 0.333. The number of nitrogens with zero attached hydrogens (tertiary/aromatic N) is 3. The lowest BCUT2D eigenvalue weighted by atomic mass is 10.2. The fourth-order valence-corrected chi connectivity index (χ4v) is 3.41. The van der Waals surface area contributed by atoms with Crippen molar-refractivity contribution in [3.63, 3.8) is 0 Å². The Kier molecular flexibility index (Phi) is 6.56. The van der Waals surface area contributed by atoms with Crippen molar-refractivity contribution in [2.45, 2.75) is 11.3 Å². The Bertz CT molecular complexity index is 702. The van der Waals surface area contributed by atoms with E-state index >= 15 is 0 Å². The minimum Gasteiger partial charge on any atom is -0.358 e. The third kappa shape index (κ3) is 5.50. The molecule has 1 heterocycles. The number of thioether (sulfide) groups is 1. The van der Waals surface area contributed by atoms with Gasteiger partial charge in [0, 0.05) is 19.8 Å². The molecule has 1 aromatic carbocycles. The van der Waals surface area contributed by atoms with Crippen molar-refractivity contribution in [3.05, 3.63) is 29.8 Å². The highest BCUT2D eigenvalue weighted by atomic mass is 32.2. The van der Waals surface area contributed by atoms with Crippen LogP contribution >= 0.6 is 23.1 Å². The highest BCUT2D eigenvalue weighted by molar-refractivity contribution is 8.01. The van der Waals surface area contributed by atoms with Gasteiger partial charge in [0.05, 0.1) is 12.3 Å². The second-order valence-corrected chi connectivity index (χ2v) is 7.28. The van der Waals surface area contributed by atoms with E-state index in [0.29, 0.717) is 9.47 Å². The summed E-state index contributed by atoms with van der Waals surface area (Å²) in [5, 5.41) is 14.5. The van der Waals surface area contributed by atoms with E-state index in [4.69, 9.17) is 0 Å². The Hall–Kier alpha value is -2.13. The van der Waals surface area contributed by atoms with Gasteiger partial charge in [0.15, 0.2) is 4.34 Å². The summed E-state index contributed by atoms with van der Waals surface area (Å²) < 4.78 is 0.700. The monoisotopic (exact) mass is 365 g/mol. The summed E-state index contributed by atoms with van der Waals surface area (Å²) in [6.07, 6.45) is 0. The number of amides is 2. The Morgan fingerprint density at radius 1 is 1.25 bits per heavy atom. The zero-order valence-electron chi connectivity index (χ0n) is 13.7. The van der Waals surface area contributed by atoms with Crippen molar-refractivity contribution in [1.29, 1.82) is 0 Å². The maximum atomic E-state index is 12.0. The van der Waals surface area contributed by atoms with Gasteiger partial charge in [-0.1, -0.05) is 40.8 Å². The molecule has 1 aromatic heterocycles. The van der Waals surface area contributed by atoms with Crippen LogP contribution in [0.3, 0.4) is 0 Å². The number of benzene rings is 1. The van der Waals surface area contributed by atoms with Gasteiger partial charge in [0.2, 0.25) is 16.9 Å². The van der Waals surface area contributed by atoms with Gasteiger partial charge in [-0.05, 0) is 19.1 Å². The molecule has 0 atom stereocenters. The molecule has 2 rings (SSSR count). The number of carbonyl (C=O) groups is 2. The second-order valence-electron chi connectivity index (χ2n) is 5.08. The predicted molar refractivity (Wildman–Crippen MR) is 96.8 cm³/mol. The lowest BCUT2D eigenvalue weighted by Crippen LogP contribution is -2.37. The molecule has 0 radical (unpaired) electrons. The largest absolute Gasteiger partial charge is 0.358 e. The first-order valence-electron chi connectivity index (χ1n) is 7.22. The van der Waals surface area contributed by atoms with E-state index in [1.54, 1.807) is 14.1 Å². The highest BCUT2D eigenvalue weighted by Gasteiger charge is 2.14. The molecule has 9 heteroatoms. The molecule has 0 aliphatic heterocycles. The summed E-state index contributed by atoms with van der Waals surface area (Å²) in [5.41, 5.74) is 2.13. The van der Waals surface area contributed by atoms with Gasteiger partial charge in [-0.2, -0.15) is 0 Å². The number of nitrogens with one attached hydrogen (secondary N) is 2. The maximum Gasteiger partial charge on any atom is 0.239 e. The molecule has 2 N–H and O–H groups in total. The van der Waals surface area contributed by atoms with Crippen LogP contribution in [0.25, 0.3) is 0 Å². The maximum absolute atomic E-state index is 12.0. The molecule has 7 nitrogen and oxygen atoms in total. The van der Waals surface area contributed by atoms with Crippen LogP contribution in [-0.2, 0) is 9.59 Å². The number of carbonyl (C=O) groups excluding carboxylic acids is 2. The van der Waals surface area contributed by atoms with E-state index in [-0.39, 0.29) is 24.1 Å². The smallest absolute Gasteiger partial charge is 0.239 e. The number of aromatic nitrogens is 2. The minimum absolute atomic E-state index is 0.0479. The quantitative estimate of drug-likeness (QED) is 0.729. The van der Waals surface area contributed by atoms with Crippen LogP contribution < -0.4 is 10.6 Å². The lowest BCUT2D eigenvalue weighted by Gasteiger charge is -2.15. The average molecular weight is 365 g/mol. The minimum atomic E-state index is -0.198. The molecule has 0 saturated heterocycles. The molecule has 0 bridgehead atoms. The molecule has 128 valence electrons. The molecule has 24 heavy (non-hydrogen) atoms. The topological polar surface area (TPSA) is 87.2 Å². The summed E-state index contributed by atoms with van der Waals surface area (Å²) in [6.45, 7) is 2.08. The van der Waals surface area contributed by atoms with E-state index < -0.39 is 0 Å². The van der Waals surface area contributed by atoms with E-state index in [0.717, 1.165) is 5.69 Å². The predicted octanol–water partition coefficient (Wildman–Crippen LogP) is 1.89. The Morgan fingerprint density at radius 2 is 1.96 bits per heavy atom. The van der Waals surface area contributed by atoms with Crippen LogP contribution in [0.1, 0.15) is 5.56 Å². The molecular formula is C15H19N5O2S2. The van der Waals surface area contributed by atoms with Gasteiger partial charge >= 0.3 is 0 Å². The van der Waals surface area contributed by atoms with Gasteiger partial charge < -0.3 is 15.5 Å². The third-order valence-electron chi connectivity index (χ3n) is 3.11. The average Bonchev–Trinajstić information content (AvgIpc) is 3.02. The van der Waals surface area contributed by atoms with E-state index in [1.165, 1.54) is 33.6 Å². The first-order chi connectivity index (χ1) is 11.5. The van der Waals surface area contributed by atoms with Crippen LogP contribution in [-0.4, -0.2) is 53.3 Å². The summed E-state index contributed by atoms with van der Waals surface area (Å²) in [5.74, 6) is -0.115. The first kappa shape index (κ1) is 18.2. The number of anilines is 2. The zero-order valence-corrected chi connectivity index (χ0v) is 15.3.